The van der Waals surface area contributed by atoms with Gasteiger partial charge < -0.3 is 5.32 Å². The zero-order chi connectivity index (χ0) is 13.7. The Balaban J connectivity index is 2.10. The lowest BCUT2D eigenvalue weighted by Gasteiger charge is -2.06. The molecule has 0 unspecified atom stereocenters. The molecule has 0 radical (unpaired) electrons. The molecule has 0 spiro atoms. The number of unbranched alkanes of at least 4 members (excludes halogenated alkanes) is 1. The molecule has 0 saturated carbocycles. The maximum atomic E-state index is 13.2. The molecule has 1 N–H and O–H groups in total. The van der Waals surface area contributed by atoms with Crippen LogP contribution in [0.5, 0.6) is 0 Å². The normalized spacial score (nSPS) is 10.9. The Morgan fingerprint density at radius 3 is 2.95 bits per heavy atom. The van der Waals surface area contributed by atoms with Crippen molar-refractivity contribution in [1.29, 1.82) is 0 Å². The van der Waals surface area contributed by atoms with E-state index in [4.69, 9.17) is 0 Å². The first-order valence-corrected chi connectivity index (χ1v) is 6.72. The smallest absolute Gasteiger partial charge is 0.125 e. The fourth-order valence-corrected chi connectivity index (χ4v) is 2.01. The molecule has 0 amide bonds. The predicted octanol–water partition coefficient (Wildman–Crippen LogP) is 3.21. The van der Waals surface area contributed by atoms with Crippen LogP contribution in [0.15, 0.2) is 30.5 Å². The van der Waals surface area contributed by atoms with Gasteiger partial charge in [-0.2, -0.15) is 5.10 Å². The first kappa shape index (κ1) is 13.7. The van der Waals surface area contributed by atoms with E-state index in [1.54, 1.807) is 10.7 Å². The van der Waals surface area contributed by atoms with E-state index in [1.165, 1.54) is 25.0 Å². The SMILES string of the molecule is CCCCNCc1cnn(-c2cccc(F)c2)c1C. The molecule has 0 aliphatic carbocycles. The van der Waals surface area contributed by atoms with Gasteiger partial charge in [-0.15, -0.1) is 0 Å². The van der Waals surface area contributed by atoms with E-state index in [9.17, 15) is 4.39 Å². The number of nitrogens with one attached hydrogen (secondary N) is 1. The topological polar surface area (TPSA) is 29.9 Å². The second-order valence-corrected chi connectivity index (χ2v) is 4.68. The van der Waals surface area contributed by atoms with Gasteiger partial charge >= 0.3 is 0 Å². The van der Waals surface area contributed by atoms with Crippen molar-refractivity contribution in [3.05, 3.63) is 47.5 Å². The van der Waals surface area contributed by atoms with Gasteiger partial charge in [0.15, 0.2) is 0 Å². The summed E-state index contributed by atoms with van der Waals surface area (Å²) in [5, 5.41) is 7.73. The third-order valence-corrected chi connectivity index (χ3v) is 3.19. The summed E-state index contributed by atoms with van der Waals surface area (Å²) in [6.07, 6.45) is 4.21. The van der Waals surface area contributed by atoms with Gasteiger partial charge in [-0.3, -0.25) is 0 Å². The number of aromatic nitrogens is 2. The van der Waals surface area contributed by atoms with Crippen LogP contribution in [-0.2, 0) is 6.54 Å². The van der Waals surface area contributed by atoms with Crippen LogP contribution >= 0.6 is 0 Å². The van der Waals surface area contributed by atoms with Crippen molar-refractivity contribution >= 4 is 0 Å². The lowest BCUT2D eigenvalue weighted by molar-refractivity contribution is 0.624. The Hall–Kier alpha value is -1.68. The third kappa shape index (κ3) is 3.41. The molecule has 2 aromatic rings. The van der Waals surface area contributed by atoms with E-state index in [1.807, 2.05) is 19.2 Å². The van der Waals surface area contributed by atoms with E-state index in [2.05, 4.69) is 17.3 Å². The summed E-state index contributed by atoms with van der Waals surface area (Å²) in [5.74, 6) is -0.241. The van der Waals surface area contributed by atoms with Gasteiger partial charge in [-0.05, 0) is 38.1 Å². The minimum absolute atomic E-state index is 0.241. The van der Waals surface area contributed by atoms with Gasteiger partial charge in [0.1, 0.15) is 5.82 Å². The van der Waals surface area contributed by atoms with Crippen LogP contribution in [-0.4, -0.2) is 16.3 Å². The Labute approximate surface area is 113 Å². The van der Waals surface area contributed by atoms with E-state index in [-0.39, 0.29) is 5.82 Å². The van der Waals surface area contributed by atoms with Gasteiger partial charge in [0.05, 0.1) is 11.9 Å². The molecule has 3 nitrogen and oxygen atoms in total. The molecule has 19 heavy (non-hydrogen) atoms. The number of rotatable bonds is 6. The van der Waals surface area contributed by atoms with Crippen molar-refractivity contribution in [2.75, 3.05) is 6.54 Å². The molecule has 4 heteroatoms. The van der Waals surface area contributed by atoms with E-state index in [0.717, 1.165) is 30.0 Å². The average Bonchev–Trinajstić information content (AvgIpc) is 2.76. The van der Waals surface area contributed by atoms with Crippen molar-refractivity contribution < 1.29 is 4.39 Å². The molecule has 0 bridgehead atoms. The van der Waals surface area contributed by atoms with Crippen molar-refractivity contribution in [3.63, 3.8) is 0 Å². The fraction of sp³-hybridized carbons (Fsp3) is 0.400. The summed E-state index contributed by atoms with van der Waals surface area (Å²) < 4.78 is 15.0. The highest BCUT2D eigenvalue weighted by Crippen LogP contribution is 2.14. The monoisotopic (exact) mass is 261 g/mol. The summed E-state index contributed by atoms with van der Waals surface area (Å²) in [7, 11) is 0. The van der Waals surface area contributed by atoms with Crippen LogP contribution in [0.1, 0.15) is 31.0 Å². The first-order valence-electron chi connectivity index (χ1n) is 6.72. The number of nitrogens with zero attached hydrogens (tertiary/aromatic N) is 2. The highest BCUT2D eigenvalue weighted by atomic mass is 19.1. The molecular weight excluding hydrogens is 241 g/mol. The number of hydrogen-bond acceptors (Lipinski definition) is 2. The van der Waals surface area contributed by atoms with E-state index in [0.29, 0.717) is 0 Å². The summed E-state index contributed by atoms with van der Waals surface area (Å²) >= 11 is 0. The van der Waals surface area contributed by atoms with Crippen molar-refractivity contribution in [2.45, 2.75) is 33.2 Å². The number of hydrogen-bond donors (Lipinski definition) is 1. The first-order chi connectivity index (χ1) is 9.22. The molecule has 0 aliphatic heterocycles. The van der Waals surface area contributed by atoms with Gasteiger partial charge in [0, 0.05) is 17.8 Å². The molecule has 0 saturated heterocycles. The van der Waals surface area contributed by atoms with E-state index >= 15 is 0 Å². The summed E-state index contributed by atoms with van der Waals surface area (Å²) in [6, 6.07) is 6.49. The number of benzene rings is 1. The zero-order valence-corrected chi connectivity index (χ0v) is 11.5. The quantitative estimate of drug-likeness (QED) is 0.809. The van der Waals surface area contributed by atoms with Crippen LogP contribution in [0.25, 0.3) is 5.69 Å². The fourth-order valence-electron chi connectivity index (χ4n) is 2.01. The van der Waals surface area contributed by atoms with Crippen molar-refractivity contribution in [1.82, 2.24) is 15.1 Å². The lowest BCUT2D eigenvalue weighted by Crippen LogP contribution is -2.14. The average molecular weight is 261 g/mol. The Morgan fingerprint density at radius 2 is 2.21 bits per heavy atom. The number of halogens is 1. The van der Waals surface area contributed by atoms with Gasteiger partial charge in [0.2, 0.25) is 0 Å². The van der Waals surface area contributed by atoms with Crippen LogP contribution in [0, 0.1) is 12.7 Å². The van der Waals surface area contributed by atoms with Crippen LogP contribution in [0.3, 0.4) is 0 Å². The Morgan fingerprint density at radius 1 is 1.37 bits per heavy atom. The molecule has 1 heterocycles. The minimum atomic E-state index is -0.241. The highest BCUT2D eigenvalue weighted by Gasteiger charge is 2.08. The largest absolute Gasteiger partial charge is 0.313 e. The summed E-state index contributed by atoms with van der Waals surface area (Å²) in [5.41, 5.74) is 2.97. The lowest BCUT2D eigenvalue weighted by atomic mass is 10.2. The van der Waals surface area contributed by atoms with Crippen LogP contribution < -0.4 is 5.32 Å². The molecule has 102 valence electrons. The summed E-state index contributed by atoms with van der Waals surface area (Å²) in [6.45, 7) is 6.01. The predicted molar refractivity (Wildman–Crippen MR) is 74.9 cm³/mol. The van der Waals surface area contributed by atoms with E-state index < -0.39 is 0 Å². The Kier molecular flexibility index (Phi) is 4.68. The third-order valence-electron chi connectivity index (χ3n) is 3.19. The second kappa shape index (κ2) is 6.48. The Bertz CT molecular complexity index is 534. The highest BCUT2D eigenvalue weighted by molar-refractivity contribution is 5.35. The molecular formula is C15H20FN3. The molecule has 1 aromatic heterocycles. The molecule has 0 aliphatic rings. The van der Waals surface area contributed by atoms with Crippen LogP contribution in [0.4, 0.5) is 4.39 Å². The molecule has 0 atom stereocenters. The molecule has 2 rings (SSSR count). The van der Waals surface area contributed by atoms with Gasteiger partial charge in [-0.25, -0.2) is 9.07 Å². The molecule has 1 aromatic carbocycles. The van der Waals surface area contributed by atoms with Crippen molar-refractivity contribution in [2.24, 2.45) is 0 Å². The molecule has 0 fully saturated rings. The second-order valence-electron chi connectivity index (χ2n) is 4.68. The van der Waals surface area contributed by atoms with Crippen molar-refractivity contribution in [3.8, 4) is 5.69 Å². The standard InChI is InChI=1S/C15H20FN3/c1-3-4-8-17-10-13-11-18-19(12(13)2)15-7-5-6-14(16)9-15/h5-7,9,11,17H,3-4,8,10H2,1-2H3. The van der Waals surface area contributed by atoms with Gasteiger partial charge in [0.25, 0.3) is 0 Å². The maximum absolute atomic E-state index is 13.2. The van der Waals surface area contributed by atoms with Crippen LogP contribution in [0.2, 0.25) is 0 Å². The minimum Gasteiger partial charge on any atom is -0.313 e. The van der Waals surface area contributed by atoms with Gasteiger partial charge in [-0.1, -0.05) is 19.4 Å². The maximum Gasteiger partial charge on any atom is 0.125 e. The summed E-state index contributed by atoms with van der Waals surface area (Å²) in [4.78, 5) is 0. The zero-order valence-electron chi connectivity index (χ0n) is 11.5.